The average Bonchev–Trinajstić information content (AvgIpc) is 0.813. The van der Waals surface area contributed by atoms with Crippen molar-refractivity contribution < 1.29 is 130 Å². The molecule has 0 bridgehead atoms. The van der Waals surface area contributed by atoms with Crippen LogP contribution < -0.4 is 73.9 Å². The fourth-order valence-corrected chi connectivity index (χ4v) is 16.3. The Bertz CT molecular complexity index is 3740. The quantitative estimate of drug-likeness (QED) is 0.0416. The van der Waals surface area contributed by atoms with Gasteiger partial charge in [-0.1, -0.05) is 55.4 Å². The average molecular weight is 1880 g/mol. The van der Waals surface area contributed by atoms with Crippen LogP contribution in [0.2, 0.25) is 0 Å². The molecule has 17 N–H and O–H groups in total. The summed E-state index contributed by atoms with van der Waals surface area (Å²) in [6.07, 6.45) is 2.73. The molecule has 1 aromatic carbocycles. The number of hydrogen-bond acceptors (Lipinski definition) is 26. The Morgan fingerprint density at radius 3 is 1.04 bits per heavy atom. The largest absolute Gasteiger partial charge is 0.492 e. The van der Waals surface area contributed by atoms with E-state index in [1.54, 1.807) is 6.92 Å². The third kappa shape index (κ3) is 42.4. The normalized spacial score (nSPS) is 25.0. The van der Waals surface area contributed by atoms with Crippen molar-refractivity contribution in [1.29, 1.82) is 0 Å². The number of aliphatic hydroxyl groups excluding tert-OH is 3. The van der Waals surface area contributed by atoms with Gasteiger partial charge in [0.1, 0.15) is 24.4 Å². The summed E-state index contributed by atoms with van der Waals surface area (Å²) < 4.78 is 54.5. The number of carbonyl (C=O) groups is 14. The van der Waals surface area contributed by atoms with Crippen LogP contribution in [0, 0.1) is 23.7 Å². The number of hydrogen-bond donors (Lipinski definition) is 17. The topological polar surface area (TPSA) is 559 Å². The number of aliphatic hydroxyl groups is 3. The number of rotatable bonds is 63. The van der Waals surface area contributed by atoms with Crippen molar-refractivity contribution in [1.82, 2.24) is 69.1 Å². The Labute approximate surface area is 776 Å². The molecule has 0 aliphatic carbocycles. The maximum Gasteiger partial charge on any atom is 0.303 e. The van der Waals surface area contributed by atoms with E-state index in [9.17, 15) is 82.4 Å². The van der Waals surface area contributed by atoms with E-state index in [2.05, 4.69) is 69.1 Å². The van der Waals surface area contributed by atoms with E-state index in [0.29, 0.717) is 109 Å². The first-order chi connectivity index (χ1) is 63.1. The van der Waals surface area contributed by atoms with Gasteiger partial charge in [0.2, 0.25) is 65.0 Å². The molecule has 0 saturated carbocycles. The first-order valence-corrected chi connectivity index (χ1v) is 47.8. The maximum atomic E-state index is 14.1. The summed E-state index contributed by atoms with van der Waals surface area (Å²) in [4.78, 5) is 181. The molecule has 4 aliphatic heterocycles. The van der Waals surface area contributed by atoms with Crippen molar-refractivity contribution in [3.8, 4) is 5.75 Å². The second-order valence-electron chi connectivity index (χ2n) is 34.9. The standard InChI is InChI=1S/C92H155N13O27/c1-13-65-51-55(5)78(100-59(9)106)89(129-65)125-46-29-23-36-75(113)104-67(31-19-25-39-93-72(110)34-21-27-47-126-90-79(101-60(10)107)56(6)82(117)69(14-2)130-90)87(122)98-43-41-96-85(120)63-52-64(54-66(53-63)124-50-45-95-74(112)33-17-18-38-77(115)116)86(121)97-42-44-99-88(123)68(105-76(114)37-24-30-49-128-92-81(103-62(12)109)58(8)84(119)71(16-4)132-92)32-20-26-40-94-73(111)35-22-28-48-127-91-80(102-61(11)108)57(7)83(118)70(15-3)131-91/h52-58,65,67-71,78-84,89-92,117-119H,13-51H2,1-12H3,(H,93,110)(H,94,111)(H,95,112)(H,96,120)(H,97,121)(H,98,122)(H,99,123)(H,100,106)(H,101,107)(H,102,108)(H,103,109)(H,104,113)(H,105,114)(H,115,116)/t55?,56?,57?,58?,65?,67-,68?,69?,70?,71?,78?,79?,80?,81?,82?,83?,84?,89?,90?,91?,92?/m0/s1. The Hall–Kier alpha value is -8.84. The van der Waals surface area contributed by atoms with Crippen molar-refractivity contribution in [3.63, 3.8) is 0 Å². The Morgan fingerprint density at radius 1 is 0.364 bits per heavy atom. The van der Waals surface area contributed by atoms with Gasteiger partial charge >= 0.3 is 5.97 Å². The van der Waals surface area contributed by atoms with Gasteiger partial charge in [0.15, 0.2) is 25.2 Å². The number of aliphatic carboxylic acids is 1. The van der Waals surface area contributed by atoms with Gasteiger partial charge < -0.3 is 132 Å². The highest BCUT2D eigenvalue weighted by Gasteiger charge is 2.47. The molecule has 0 radical (unpaired) electrons. The van der Waals surface area contributed by atoms with Crippen LogP contribution >= 0.6 is 0 Å². The molecule has 0 aromatic heterocycles. The minimum Gasteiger partial charge on any atom is -0.492 e. The van der Waals surface area contributed by atoms with E-state index in [4.69, 9.17) is 47.7 Å². The molecule has 4 fully saturated rings. The summed E-state index contributed by atoms with van der Waals surface area (Å²) in [5.74, 6) is -7.07. The number of nitrogens with one attached hydrogen (secondary N) is 13. The molecule has 21 atom stereocenters. The second-order valence-corrected chi connectivity index (χ2v) is 34.9. The molecule has 750 valence electrons. The van der Waals surface area contributed by atoms with E-state index < -0.39 is 133 Å². The van der Waals surface area contributed by atoms with E-state index in [0.717, 1.165) is 12.8 Å². The lowest BCUT2D eigenvalue weighted by atomic mass is 9.87. The van der Waals surface area contributed by atoms with Crippen LogP contribution in [-0.2, 0) is 95.4 Å². The highest BCUT2D eigenvalue weighted by molar-refractivity contribution is 6.00. The van der Waals surface area contributed by atoms with Crippen molar-refractivity contribution in [2.75, 3.05) is 78.8 Å². The van der Waals surface area contributed by atoms with E-state index in [-0.39, 0.29) is 224 Å². The SMILES string of the molecule is CCC1CC(C)C(NC(C)=O)C(OCCCCC(=O)N[C@@H](CCCCNC(=O)CCCCOC2OC(CC)C(O)C(C)C2NC(C)=O)C(=O)NCCNC(=O)c2cc(OCCNC(=O)CCCCC(=O)O)cc(C(=O)NCCNC(=O)C(CCCCNC(=O)CCCCOC3OC(CC)C(O)C(C)C3NC(C)=O)NC(=O)CCCCOC3OC(CC)C(O)C(C)C3NC(C)=O)c2)O1. The third-order valence-electron chi connectivity index (χ3n) is 24.0. The summed E-state index contributed by atoms with van der Waals surface area (Å²) in [6, 6.07) is -0.158. The Kier molecular flexibility index (Phi) is 54.0. The van der Waals surface area contributed by atoms with Crippen molar-refractivity contribution in [2.45, 2.75) is 361 Å². The number of benzene rings is 1. The maximum absolute atomic E-state index is 14.1. The smallest absolute Gasteiger partial charge is 0.303 e. The molecule has 4 heterocycles. The number of carboxylic acid groups (broad SMARTS) is 1. The summed E-state index contributed by atoms with van der Waals surface area (Å²) >= 11 is 0. The molecule has 20 unspecified atom stereocenters. The number of unbranched alkanes of at least 4 members (excludes halogenated alkanes) is 7. The van der Waals surface area contributed by atoms with Gasteiger partial charge in [0.25, 0.3) is 11.8 Å². The lowest BCUT2D eigenvalue weighted by molar-refractivity contribution is -0.251. The van der Waals surface area contributed by atoms with Gasteiger partial charge in [-0.3, -0.25) is 67.1 Å². The van der Waals surface area contributed by atoms with Gasteiger partial charge in [0, 0.05) is 161 Å². The van der Waals surface area contributed by atoms with Crippen LogP contribution in [0.4, 0.5) is 0 Å². The molecule has 4 aliphatic rings. The van der Waals surface area contributed by atoms with Crippen LogP contribution in [0.5, 0.6) is 5.75 Å². The molecule has 132 heavy (non-hydrogen) atoms. The van der Waals surface area contributed by atoms with Crippen LogP contribution in [-0.4, -0.2) is 286 Å². The van der Waals surface area contributed by atoms with Crippen LogP contribution in [0.1, 0.15) is 277 Å². The minimum atomic E-state index is -1.05. The zero-order valence-electron chi connectivity index (χ0n) is 79.6. The fourth-order valence-electron chi connectivity index (χ4n) is 16.3. The lowest BCUT2D eigenvalue weighted by Gasteiger charge is -2.43. The molecular formula is C92H155N13O27. The van der Waals surface area contributed by atoms with Gasteiger partial charge in [-0.15, -0.1) is 0 Å². The number of amides is 13. The first kappa shape index (κ1) is 114. The monoisotopic (exact) mass is 1870 g/mol. The first-order valence-electron chi connectivity index (χ1n) is 47.8. The predicted molar refractivity (Wildman–Crippen MR) is 484 cm³/mol. The third-order valence-corrected chi connectivity index (χ3v) is 24.0. The molecule has 0 spiro atoms. The van der Waals surface area contributed by atoms with Crippen LogP contribution in [0.25, 0.3) is 0 Å². The van der Waals surface area contributed by atoms with Crippen LogP contribution in [0.3, 0.4) is 0 Å². The van der Waals surface area contributed by atoms with Gasteiger partial charge in [-0.2, -0.15) is 0 Å². The van der Waals surface area contributed by atoms with E-state index in [1.807, 2.05) is 48.5 Å². The van der Waals surface area contributed by atoms with E-state index in [1.165, 1.54) is 45.9 Å². The van der Waals surface area contributed by atoms with Crippen LogP contribution in [0.15, 0.2) is 18.2 Å². The van der Waals surface area contributed by atoms with E-state index >= 15 is 0 Å². The number of ether oxygens (including phenoxy) is 9. The van der Waals surface area contributed by atoms with Crippen molar-refractivity contribution in [2.24, 2.45) is 23.7 Å². The number of carbonyl (C=O) groups excluding carboxylic acids is 13. The summed E-state index contributed by atoms with van der Waals surface area (Å²) in [5.41, 5.74) is -0.0970. The molecule has 13 amide bonds. The Morgan fingerprint density at radius 2 is 0.689 bits per heavy atom. The summed E-state index contributed by atoms with van der Waals surface area (Å²) in [6.45, 7) is 21.5. The fraction of sp³-hybridized carbons (Fsp3) is 0.783. The molecule has 40 heteroatoms. The summed E-state index contributed by atoms with van der Waals surface area (Å²) in [5, 5.41) is 78.0. The zero-order chi connectivity index (χ0) is 97.2. The van der Waals surface area contributed by atoms with Gasteiger partial charge in [-0.05, 0) is 159 Å². The number of carboxylic acids is 1. The second kappa shape index (κ2) is 62.7. The molecule has 40 nitrogen and oxygen atoms in total. The molecule has 4 saturated heterocycles. The lowest BCUT2D eigenvalue weighted by Crippen LogP contribution is -2.60. The Balaban J connectivity index is 1.21. The highest BCUT2D eigenvalue weighted by atomic mass is 16.7. The molecular weight excluding hydrogens is 1720 g/mol. The molecule has 1 aromatic rings. The molecule has 5 rings (SSSR count). The van der Waals surface area contributed by atoms with Crippen molar-refractivity contribution >= 4 is 82.8 Å². The minimum absolute atomic E-state index is 0.000949. The van der Waals surface area contributed by atoms with Crippen molar-refractivity contribution in [3.05, 3.63) is 29.3 Å². The zero-order valence-corrected chi connectivity index (χ0v) is 79.6. The van der Waals surface area contributed by atoms with Gasteiger partial charge in [0.05, 0.1) is 73.4 Å². The van der Waals surface area contributed by atoms with Gasteiger partial charge in [-0.25, -0.2) is 0 Å². The highest BCUT2D eigenvalue weighted by Crippen LogP contribution is 2.33. The predicted octanol–water partition coefficient (Wildman–Crippen LogP) is 3.38. The summed E-state index contributed by atoms with van der Waals surface area (Å²) in [7, 11) is 0.